The fourth-order valence-electron chi connectivity index (χ4n) is 2.82. The molecule has 1 aromatic heterocycles. The summed E-state index contributed by atoms with van der Waals surface area (Å²) in [5.41, 5.74) is 2.15. The normalized spacial score (nSPS) is 21.3. The summed E-state index contributed by atoms with van der Waals surface area (Å²) in [6.45, 7) is 3.00. The summed E-state index contributed by atoms with van der Waals surface area (Å²) >= 11 is 0. The van der Waals surface area contributed by atoms with E-state index in [1.807, 2.05) is 41.3 Å². The van der Waals surface area contributed by atoms with Crippen molar-refractivity contribution in [3.8, 4) is 0 Å². The number of likely N-dealkylation sites (tertiary alicyclic amines) is 1. The van der Waals surface area contributed by atoms with E-state index in [9.17, 15) is 4.79 Å². The van der Waals surface area contributed by atoms with E-state index in [-0.39, 0.29) is 11.9 Å². The Bertz CT molecular complexity index is 637. The molecular formula is C18H18N2O. The topological polar surface area (TPSA) is 33.2 Å². The van der Waals surface area contributed by atoms with Crippen molar-refractivity contribution in [1.29, 1.82) is 0 Å². The number of benzene rings is 1. The number of hydrogen-bond acceptors (Lipinski definition) is 2. The summed E-state index contributed by atoms with van der Waals surface area (Å²) < 4.78 is 0. The van der Waals surface area contributed by atoms with Gasteiger partial charge < -0.3 is 4.90 Å². The first-order valence-corrected chi connectivity index (χ1v) is 7.19. The van der Waals surface area contributed by atoms with Crippen LogP contribution in [0.2, 0.25) is 0 Å². The quantitative estimate of drug-likeness (QED) is 0.807. The lowest BCUT2D eigenvalue weighted by molar-refractivity contribution is -0.137. The molecule has 1 aliphatic heterocycles. The van der Waals surface area contributed by atoms with Crippen LogP contribution in [0.25, 0.3) is 6.08 Å². The first-order valence-electron chi connectivity index (χ1n) is 7.19. The smallest absolute Gasteiger partial charge is 0.247 e. The number of amides is 1. The molecule has 2 aromatic rings. The monoisotopic (exact) mass is 278 g/mol. The van der Waals surface area contributed by atoms with Crippen LogP contribution in [0.3, 0.4) is 0 Å². The number of nitrogens with zero attached hydrogens (tertiary/aromatic N) is 2. The predicted molar refractivity (Wildman–Crippen MR) is 83.3 cm³/mol. The van der Waals surface area contributed by atoms with E-state index in [0.29, 0.717) is 5.92 Å². The molecule has 0 N–H and O–H groups in total. The molecule has 106 valence electrons. The molecule has 3 rings (SSSR count). The van der Waals surface area contributed by atoms with Crippen LogP contribution < -0.4 is 0 Å². The molecule has 21 heavy (non-hydrogen) atoms. The molecule has 1 saturated heterocycles. The minimum Gasteiger partial charge on any atom is -0.331 e. The summed E-state index contributed by atoms with van der Waals surface area (Å²) in [5.74, 6) is 0.564. The maximum atomic E-state index is 12.3. The van der Waals surface area contributed by atoms with Gasteiger partial charge in [0.2, 0.25) is 5.91 Å². The van der Waals surface area contributed by atoms with Gasteiger partial charge in [0.25, 0.3) is 0 Å². The average molecular weight is 278 g/mol. The van der Waals surface area contributed by atoms with E-state index in [4.69, 9.17) is 0 Å². The zero-order valence-electron chi connectivity index (χ0n) is 12.0. The fourth-order valence-corrected chi connectivity index (χ4v) is 2.82. The lowest BCUT2D eigenvalue weighted by Crippen LogP contribution is -2.50. The lowest BCUT2D eigenvalue weighted by Gasteiger charge is -2.46. The van der Waals surface area contributed by atoms with Crippen molar-refractivity contribution < 1.29 is 4.79 Å². The second-order valence-corrected chi connectivity index (χ2v) is 5.44. The number of carbonyl (C=O) groups excluding carboxylic acids is 1. The van der Waals surface area contributed by atoms with Gasteiger partial charge in [0, 0.05) is 25.0 Å². The Morgan fingerprint density at radius 3 is 2.71 bits per heavy atom. The molecule has 0 spiro atoms. The molecule has 2 atom stereocenters. The van der Waals surface area contributed by atoms with Gasteiger partial charge in [-0.05, 0) is 29.2 Å². The standard InChI is InChI=1S/C18H18N2O/c1-14-13-20(18(14)16-7-3-2-4-8-16)17(21)10-9-15-6-5-11-19-12-15/h2-12,14,18H,13H2,1H3/b10-9+/t14-,18-/m1/s1. The van der Waals surface area contributed by atoms with E-state index < -0.39 is 0 Å². The first kappa shape index (κ1) is 13.6. The third-order valence-corrected chi connectivity index (χ3v) is 3.89. The molecular weight excluding hydrogens is 260 g/mol. The van der Waals surface area contributed by atoms with Gasteiger partial charge in [-0.1, -0.05) is 43.3 Å². The summed E-state index contributed by atoms with van der Waals surface area (Å²) in [4.78, 5) is 18.3. The Kier molecular flexibility index (Phi) is 3.82. The molecule has 2 heterocycles. The third-order valence-electron chi connectivity index (χ3n) is 3.89. The largest absolute Gasteiger partial charge is 0.331 e. The minimum absolute atomic E-state index is 0.0609. The molecule has 1 fully saturated rings. The molecule has 0 saturated carbocycles. The van der Waals surface area contributed by atoms with Crippen LogP contribution in [0, 0.1) is 5.92 Å². The number of carbonyl (C=O) groups is 1. The molecule has 1 amide bonds. The highest BCUT2D eigenvalue weighted by atomic mass is 16.2. The van der Waals surface area contributed by atoms with Crippen molar-refractivity contribution in [2.24, 2.45) is 5.92 Å². The van der Waals surface area contributed by atoms with E-state index >= 15 is 0 Å². The second-order valence-electron chi connectivity index (χ2n) is 5.44. The zero-order valence-corrected chi connectivity index (χ0v) is 12.0. The molecule has 0 aliphatic carbocycles. The molecule has 0 unspecified atom stereocenters. The minimum atomic E-state index is 0.0609. The molecule has 0 bridgehead atoms. The maximum Gasteiger partial charge on any atom is 0.247 e. The Hall–Kier alpha value is -2.42. The average Bonchev–Trinajstić information content (AvgIpc) is 2.52. The fraction of sp³-hybridized carbons (Fsp3) is 0.222. The summed E-state index contributed by atoms with van der Waals surface area (Å²) in [6.07, 6.45) is 6.93. The number of pyridine rings is 1. The lowest BCUT2D eigenvalue weighted by atomic mass is 9.84. The Balaban J connectivity index is 1.72. The van der Waals surface area contributed by atoms with Crippen molar-refractivity contribution in [1.82, 2.24) is 9.88 Å². The van der Waals surface area contributed by atoms with Gasteiger partial charge >= 0.3 is 0 Å². The van der Waals surface area contributed by atoms with Gasteiger partial charge in [-0.2, -0.15) is 0 Å². The summed E-state index contributed by atoms with van der Waals surface area (Å²) in [5, 5.41) is 0. The SMILES string of the molecule is C[C@@H]1CN(C(=O)/C=C/c2cccnc2)[C@H]1c1ccccc1. The van der Waals surface area contributed by atoms with Crippen molar-refractivity contribution in [3.63, 3.8) is 0 Å². The van der Waals surface area contributed by atoms with Crippen LogP contribution in [0.5, 0.6) is 0 Å². The van der Waals surface area contributed by atoms with Crippen molar-refractivity contribution in [3.05, 3.63) is 72.1 Å². The van der Waals surface area contributed by atoms with Gasteiger partial charge in [-0.25, -0.2) is 0 Å². The Morgan fingerprint density at radius 1 is 1.24 bits per heavy atom. The van der Waals surface area contributed by atoms with E-state index in [0.717, 1.165) is 12.1 Å². The van der Waals surface area contributed by atoms with Crippen LogP contribution in [0.15, 0.2) is 60.9 Å². The highest BCUT2D eigenvalue weighted by Gasteiger charge is 2.38. The zero-order chi connectivity index (χ0) is 14.7. The van der Waals surface area contributed by atoms with Crippen molar-refractivity contribution >= 4 is 12.0 Å². The van der Waals surface area contributed by atoms with Gasteiger partial charge in [0.05, 0.1) is 6.04 Å². The van der Waals surface area contributed by atoms with Crippen molar-refractivity contribution in [2.75, 3.05) is 6.54 Å². The molecule has 3 nitrogen and oxygen atoms in total. The molecule has 0 radical (unpaired) electrons. The van der Waals surface area contributed by atoms with E-state index in [1.54, 1.807) is 18.5 Å². The highest BCUT2D eigenvalue weighted by molar-refractivity contribution is 5.92. The molecule has 3 heteroatoms. The van der Waals surface area contributed by atoms with E-state index in [1.165, 1.54) is 5.56 Å². The second kappa shape index (κ2) is 5.92. The van der Waals surface area contributed by atoms with Crippen LogP contribution in [-0.2, 0) is 4.79 Å². The van der Waals surface area contributed by atoms with Gasteiger partial charge in [-0.15, -0.1) is 0 Å². The van der Waals surface area contributed by atoms with Crippen LogP contribution >= 0.6 is 0 Å². The van der Waals surface area contributed by atoms with Gasteiger partial charge in [0.1, 0.15) is 0 Å². The van der Waals surface area contributed by atoms with E-state index in [2.05, 4.69) is 24.0 Å². The highest BCUT2D eigenvalue weighted by Crippen LogP contribution is 2.38. The van der Waals surface area contributed by atoms with Gasteiger partial charge in [0.15, 0.2) is 0 Å². The summed E-state index contributed by atoms with van der Waals surface area (Å²) in [7, 11) is 0. The van der Waals surface area contributed by atoms with Crippen LogP contribution in [-0.4, -0.2) is 22.3 Å². The molecule has 1 aliphatic rings. The maximum absolute atomic E-state index is 12.3. The third kappa shape index (κ3) is 2.87. The Labute approximate surface area is 124 Å². The van der Waals surface area contributed by atoms with Crippen LogP contribution in [0.1, 0.15) is 24.1 Å². The Morgan fingerprint density at radius 2 is 2.05 bits per heavy atom. The number of aromatic nitrogens is 1. The van der Waals surface area contributed by atoms with Crippen LogP contribution in [0.4, 0.5) is 0 Å². The van der Waals surface area contributed by atoms with Crippen molar-refractivity contribution in [2.45, 2.75) is 13.0 Å². The molecule has 1 aromatic carbocycles. The van der Waals surface area contributed by atoms with Gasteiger partial charge in [-0.3, -0.25) is 9.78 Å². The number of rotatable bonds is 3. The summed E-state index contributed by atoms with van der Waals surface area (Å²) in [6, 6.07) is 14.2. The predicted octanol–water partition coefficient (Wildman–Crippen LogP) is 3.31. The number of hydrogen-bond donors (Lipinski definition) is 0. The first-order chi connectivity index (χ1) is 10.3.